The summed E-state index contributed by atoms with van der Waals surface area (Å²) in [5.74, 6) is 0. The standard InChI is InChI=1S/C12H26N2O/c1-4-14(8-7-13-11(2)3)10-12-6-5-9-15-12/h11-13H,4-10H2,1-3H3. The molecule has 0 aromatic heterocycles. The molecular formula is C12H26N2O. The Labute approximate surface area is 94.2 Å². The third-order valence-electron chi connectivity index (χ3n) is 2.91. The molecule has 15 heavy (non-hydrogen) atoms. The molecule has 1 N–H and O–H groups in total. The number of hydrogen-bond donors (Lipinski definition) is 1. The van der Waals surface area contributed by atoms with Gasteiger partial charge < -0.3 is 10.1 Å². The SMILES string of the molecule is CCN(CCNC(C)C)CC1CCCO1. The zero-order valence-electron chi connectivity index (χ0n) is 10.5. The van der Waals surface area contributed by atoms with Gasteiger partial charge in [-0.1, -0.05) is 20.8 Å². The van der Waals surface area contributed by atoms with E-state index in [9.17, 15) is 0 Å². The van der Waals surface area contributed by atoms with E-state index in [0.29, 0.717) is 12.1 Å². The summed E-state index contributed by atoms with van der Waals surface area (Å²) in [6, 6.07) is 0.589. The predicted molar refractivity (Wildman–Crippen MR) is 64.2 cm³/mol. The summed E-state index contributed by atoms with van der Waals surface area (Å²) in [4.78, 5) is 2.48. The van der Waals surface area contributed by atoms with Crippen LogP contribution in [0.2, 0.25) is 0 Å². The predicted octanol–water partition coefficient (Wildman–Crippen LogP) is 1.49. The van der Waals surface area contributed by atoms with Crippen molar-refractivity contribution >= 4 is 0 Å². The Balaban J connectivity index is 2.11. The van der Waals surface area contributed by atoms with Crippen LogP contribution in [0.3, 0.4) is 0 Å². The van der Waals surface area contributed by atoms with Gasteiger partial charge in [-0.05, 0) is 19.4 Å². The second kappa shape index (κ2) is 7.20. The van der Waals surface area contributed by atoms with Crippen LogP contribution in [0, 0.1) is 0 Å². The number of likely N-dealkylation sites (N-methyl/N-ethyl adjacent to an activating group) is 1. The summed E-state index contributed by atoms with van der Waals surface area (Å²) in [6.07, 6.45) is 2.98. The van der Waals surface area contributed by atoms with Crippen molar-refractivity contribution in [1.29, 1.82) is 0 Å². The molecule has 1 fully saturated rings. The van der Waals surface area contributed by atoms with Crippen LogP contribution in [0.1, 0.15) is 33.6 Å². The summed E-state index contributed by atoms with van der Waals surface area (Å²) in [5, 5.41) is 3.45. The van der Waals surface area contributed by atoms with E-state index in [1.807, 2.05) is 0 Å². The van der Waals surface area contributed by atoms with Gasteiger partial charge >= 0.3 is 0 Å². The second-order valence-electron chi connectivity index (χ2n) is 4.64. The highest BCUT2D eigenvalue weighted by atomic mass is 16.5. The zero-order chi connectivity index (χ0) is 11.1. The van der Waals surface area contributed by atoms with Crippen LogP contribution >= 0.6 is 0 Å². The Morgan fingerprint density at radius 2 is 2.27 bits per heavy atom. The average molecular weight is 214 g/mol. The first kappa shape index (κ1) is 12.9. The molecule has 1 atom stereocenters. The van der Waals surface area contributed by atoms with E-state index in [0.717, 1.165) is 32.8 Å². The van der Waals surface area contributed by atoms with Crippen molar-refractivity contribution in [2.45, 2.75) is 45.8 Å². The third-order valence-corrected chi connectivity index (χ3v) is 2.91. The smallest absolute Gasteiger partial charge is 0.0702 e. The zero-order valence-corrected chi connectivity index (χ0v) is 10.5. The van der Waals surface area contributed by atoms with E-state index >= 15 is 0 Å². The number of hydrogen-bond acceptors (Lipinski definition) is 3. The molecule has 0 saturated carbocycles. The van der Waals surface area contributed by atoms with Crippen molar-refractivity contribution in [2.24, 2.45) is 0 Å². The third kappa shape index (κ3) is 5.50. The van der Waals surface area contributed by atoms with Gasteiger partial charge in [0.05, 0.1) is 6.10 Å². The molecule has 1 aliphatic rings. The number of nitrogens with one attached hydrogen (secondary N) is 1. The van der Waals surface area contributed by atoms with E-state index in [4.69, 9.17) is 4.74 Å². The van der Waals surface area contributed by atoms with Crippen molar-refractivity contribution in [2.75, 3.05) is 32.8 Å². The van der Waals surface area contributed by atoms with Gasteiger partial charge in [-0.15, -0.1) is 0 Å². The Morgan fingerprint density at radius 1 is 1.47 bits per heavy atom. The lowest BCUT2D eigenvalue weighted by Crippen LogP contribution is -2.38. The first-order chi connectivity index (χ1) is 7.22. The Hall–Kier alpha value is -0.120. The monoisotopic (exact) mass is 214 g/mol. The summed E-state index contributed by atoms with van der Waals surface area (Å²) in [6.45, 7) is 12.0. The van der Waals surface area contributed by atoms with E-state index in [-0.39, 0.29) is 0 Å². The molecule has 90 valence electrons. The summed E-state index contributed by atoms with van der Waals surface area (Å²) < 4.78 is 5.65. The maximum atomic E-state index is 5.65. The Kier molecular flexibility index (Phi) is 6.22. The molecule has 1 rings (SSSR count). The van der Waals surface area contributed by atoms with Gasteiger partial charge in [0.1, 0.15) is 0 Å². The van der Waals surface area contributed by atoms with Crippen molar-refractivity contribution in [3.05, 3.63) is 0 Å². The van der Waals surface area contributed by atoms with Crippen LogP contribution in [0.4, 0.5) is 0 Å². The van der Waals surface area contributed by atoms with Gasteiger partial charge in [0.25, 0.3) is 0 Å². The fourth-order valence-electron chi connectivity index (χ4n) is 1.97. The van der Waals surface area contributed by atoms with E-state index < -0.39 is 0 Å². The van der Waals surface area contributed by atoms with Gasteiger partial charge in [-0.2, -0.15) is 0 Å². The Morgan fingerprint density at radius 3 is 2.80 bits per heavy atom. The van der Waals surface area contributed by atoms with Gasteiger partial charge in [-0.25, -0.2) is 0 Å². The molecule has 0 aromatic rings. The molecule has 0 aliphatic carbocycles. The highest BCUT2D eigenvalue weighted by molar-refractivity contribution is 4.70. The van der Waals surface area contributed by atoms with Gasteiger partial charge in [0.15, 0.2) is 0 Å². The molecule has 0 spiro atoms. The minimum absolute atomic E-state index is 0.490. The highest BCUT2D eigenvalue weighted by Crippen LogP contribution is 2.12. The lowest BCUT2D eigenvalue weighted by molar-refractivity contribution is 0.0750. The van der Waals surface area contributed by atoms with E-state index in [1.54, 1.807) is 0 Å². The summed E-state index contributed by atoms with van der Waals surface area (Å²) in [5.41, 5.74) is 0. The highest BCUT2D eigenvalue weighted by Gasteiger charge is 2.17. The Bertz CT molecular complexity index is 156. The van der Waals surface area contributed by atoms with Crippen molar-refractivity contribution in [3.63, 3.8) is 0 Å². The molecule has 0 radical (unpaired) electrons. The van der Waals surface area contributed by atoms with Crippen molar-refractivity contribution in [1.82, 2.24) is 10.2 Å². The molecule has 3 heteroatoms. The molecular weight excluding hydrogens is 188 g/mol. The summed E-state index contributed by atoms with van der Waals surface area (Å²) in [7, 11) is 0. The van der Waals surface area contributed by atoms with Crippen molar-refractivity contribution < 1.29 is 4.74 Å². The molecule has 1 unspecified atom stereocenters. The molecule has 0 bridgehead atoms. The van der Waals surface area contributed by atoms with Crippen LogP contribution in [-0.2, 0) is 4.74 Å². The molecule has 1 saturated heterocycles. The van der Waals surface area contributed by atoms with Crippen LogP contribution in [-0.4, -0.2) is 49.8 Å². The van der Waals surface area contributed by atoms with E-state index in [1.165, 1.54) is 12.8 Å². The molecule has 3 nitrogen and oxygen atoms in total. The maximum absolute atomic E-state index is 5.65. The fraction of sp³-hybridized carbons (Fsp3) is 1.00. The topological polar surface area (TPSA) is 24.5 Å². The molecule has 1 aliphatic heterocycles. The fourth-order valence-corrected chi connectivity index (χ4v) is 1.97. The first-order valence-corrected chi connectivity index (χ1v) is 6.29. The van der Waals surface area contributed by atoms with Crippen LogP contribution in [0.25, 0.3) is 0 Å². The first-order valence-electron chi connectivity index (χ1n) is 6.29. The number of nitrogens with zero attached hydrogens (tertiary/aromatic N) is 1. The minimum Gasteiger partial charge on any atom is -0.377 e. The quantitative estimate of drug-likeness (QED) is 0.695. The van der Waals surface area contributed by atoms with Crippen LogP contribution in [0.15, 0.2) is 0 Å². The average Bonchev–Trinajstić information content (AvgIpc) is 2.68. The number of rotatable bonds is 7. The second-order valence-corrected chi connectivity index (χ2v) is 4.64. The lowest BCUT2D eigenvalue weighted by Gasteiger charge is -2.24. The van der Waals surface area contributed by atoms with Gasteiger partial charge in [-0.3, -0.25) is 4.90 Å². The molecule has 1 heterocycles. The van der Waals surface area contributed by atoms with Crippen LogP contribution < -0.4 is 5.32 Å². The van der Waals surface area contributed by atoms with E-state index in [2.05, 4.69) is 31.0 Å². The van der Waals surface area contributed by atoms with Crippen LogP contribution in [0.5, 0.6) is 0 Å². The summed E-state index contributed by atoms with van der Waals surface area (Å²) >= 11 is 0. The largest absolute Gasteiger partial charge is 0.377 e. The van der Waals surface area contributed by atoms with Gasteiger partial charge in [0, 0.05) is 32.3 Å². The lowest BCUT2D eigenvalue weighted by atomic mass is 10.2. The normalized spacial score (nSPS) is 21.8. The maximum Gasteiger partial charge on any atom is 0.0702 e. The minimum atomic E-state index is 0.490. The molecule has 0 amide bonds. The van der Waals surface area contributed by atoms with Crippen molar-refractivity contribution in [3.8, 4) is 0 Å². The van der Waals surface area contributed by atoms with Gasteiger partial charge in [0.2, 0.25) is 0 Å². The molecule has 0 aromatic carbocycles. The number of ether oxygens (including phenoxy) is 1.